The number of piperazine rings is 1. The second-order valence-electron chi connectivity index (χ2n) is 10.4. The van der Waals surface area contributed by atoms with Crippen LogP contribution in [0.15, 0.2) is 30.3 Å². The lowest BCUT2D eigenvalue weighted by Gasteiger charge is -2.51. The number of nitrogens with one attached hydrogen (secondary N) is 2. The summed E-state index contributed by atoms with van der Waals surface area (Å²) in [5.41, 5.74) is 0.620. The molecular weight excluding hydrogens is 452 g/mol. The average Bonchev–Trinajstić information content (AvgIpc) is 2.89. The number of likely N-dealkylation sites (tertiary alicyclic amines) is 1. The summed E-state index contributed by atoms with van der Waals surface area (Å²) in [6.45, 7) is 8.08. The molecule has 3 amide bonds. The Labute approximate surface area is 217 Å². The molecule has 2 aliphatic heterocycles. The Balaban J connectivity index is 1.47. The van der Waals surface area contributed by atoms with Crippen molar-refractivity contribution in [1.29, 1.82) is 0 Å². The van der Waals surface area contributed by atoms with Gasteiger partial charge in [-0.1, -0.05) is 57.0 Å². The molecule has 36 heavy (non-hydrogen) atoms. The summed E-state index contributed by atoms with van der Waals surface area (Å²) in [7, 11) is 0. The molecule has 0 radical (unpaired) electrons. The number of benzene rings is 1. The molecule has 2 aliphatic rings. The normalized spacial score (nSPS) is 19.9. The van der Waals surface area contributed by atoms with Crippen molar-refractivity contribution >= 4 is 17.7 Å². The second kappa shape index (κ2) is 14.4. The Bertz CT molecular complexity index is 836. The van der Waals surface area contributed by atoms with Crippen LogP contribution in [0.3, 0.4) is 0 Å². The van der Waals surface area contributed by atoms with Gasteiger partial charge in [0.2, 0.25) is 17.7 Å². The fourth-order valence-corrected chi connectivity index (χ4v) is 5.52. The van der Waals surface area contributed by atoms with E-state index in [9.17, 15) is 14.4 Å². The number of carbonyl (C=O) groups excluding carboxylic acids is 3. The summed E-state index contributed by atoms with van der Waals surface area (Å²) in [5, 5.41) is 6.06. The third-order valence-corrected chi connectivity index (χ3v) is 7.75. The predicted octanol–water partition coefficient (Wildman–Crippen LogP) is 3.67. The van der Waals surface area contributed by atoms with E-state index in [1.54, 1.807) is 0 Å². The van der Waals surface area contributed by atoms with Crippen LogP contribution in [0.25, 0.3) is 0 Å². The van der Waals surface area contributed by atoms with Crippen molar-refractivity contribution in [3.8, 4) is 0 Å². The first-order valence-electron chi connectivity index (χ1n) is 14.2. The summed E-state index contributed by atoms with van der Waals surface area (Å²) in [6.07, 6.45) is 9.17. The van der Waals surface area contributed by atoms with Crippen molar-refractivity contribution < 1.29 is 14.4 Å². The van der Waals surface area contributed by atoms with Crippen LogP contribution in [0.4, 0.5) is 0 Å². The highest BCUT2D eigenvalue weighted by molar-refractivity contribution is 6.00. The van der Waals surface area contributed by atoms with E-state index in [4.69, 9.17) is 0 Å². The van der Waals surface area contributed by atoms with E-state index in [0.717, 1.165) is 64.6 Å². The lowest BCUT2D eigenvalue weighted by Crippen LogP contribution is -2.72. The first kappa shape index (κ1) is 28.2. The van der Waals surface area contributed by atoms with E-state index in [2.05, 4.69) is 53.6 Å². The maximum absolute atomic E-state index is 13.5. The Kier molecular flexibility index (Phi) is 11.2. The molecule has 0 aromatic heterocycles. The van der Waals surface area contributed by atoms with E-state index in [-0.39, 0.29) is 17.7 Å². The van der Waals surface area contributed by atoms with Gasteiger partial charge in [-0.15, -0.1) is 0 Å². The van der Waals surface area contributed by atoms with Crippen LogP contribution in [0.1, 0.15) is 83.6 Å². The van der Waals surface area contributed by atoms with Crippen LogP contribution < -0.4 is 10.6 Å². The van der Waals surface area contributed by atoms with Gasteiger partial charge in [0.05, 0.1) is 0 Å². The highest BCUT2D eigenvalue weighted by Gasteiger charge is 2.52. The Morgan fingerprint density at radius 1 is 1.00 bits per heavy atom. The molecule has 2 fully saturated rings. The molecular formula is C29H46N4O3. The maximum atomic E-state index is 13.5. The van der Waals surface area contributed by atoms with Crippen molar-refractivity contribution in [2.45, 2.75) is 96.1 Å². The largest absolute Gasteiger partial charge is 0.356 e. The molecule has 0 aliphatic carbocycles. The van der Waals surface area contributed by atoms with Crippen LogP contribution in [-0.2, 0) is 20.8 Å². The van der Waals surface area contributed by atoms with Crippen LogP contribution >= 0.6 is 0 Å². The van der Waals surface area contributed by atoms with Crippen LogP contribution in [-0.4, -0.2) is 71.8 Å². The summed E-state index contributed by atoms with van der Waals surface area (Å²) in [6, 6.07) is 10.0. The molecule has 7 heteroatoms. The summed E-state index contributed by atoms with van der Waals surface area (Å²) < 4.78 is 0. The SMILES string of the molecule is CCCCCC(=O)NCCCC[C@@H]1NC(=O)C2(CCN(CCc3ccccc3)CC2)N(CCC)C1=O. The van der Waals surface area contributed by atoms with Crippen LogP contribution in [0, 0.1) is 0 Å². The van der Waals surface area contributed by atoms with Crippen molar-refractivity contribution in [2.75, 3.05) is 32.7 Å². The molecule has 0 unspecified atom stereocenters. The number of amides is 3. The molecule has 0 bridgehead atoms. The van der Waals surface area contributed by atoms with E-state index >= 15 is 0 Å². The molecule has 3 rings (SSSR count). The third kappa shape index (κ3) is 7.55. The zero-order valence-corrected chi connectivity index (χ0v) is 22.4. The third-order valence-electron chi connectivity index (χ3n) is 7.75. The molecule has 7 nitrogen and oxygen atoms in total. The van der Waals surface area contributed by atoms with E-state index < -0.39 is 11.6 Å². The standard InChI is InChI=1S/C29H46N4O3/c1-3-5-7-15-26(34)30-19-11-10-14-25-27(35)33(20-4-2)29(28(36)31-25)17-22-32(23-18-29)21-16-24-12-8-6-9-13-24/h6,8-9,12-13,25H,3-5,7,10-11,14-23H2,1-2H3,(H,30,34)(H,31,36)/t25-/m0/s1. The topological polar surface area (TPSA) is 81.8 Å². The number of hydrogen-bond donors (Lipinski definition) is 2. The zero-order chi connectivity index (χ0) is 25.8. The quantitative estimate of drug-likeness (QED) is 0.384. The van der Waals surface area contributed by atoms with Gasteiger partial charge in [-0.05, 0) is 56.9 Å². The molecule has 2 N–H and O–H groups in total. The van der Waals surface area contributed by atoms with E-state index in [1.165, 1.54) is 5.56 Å². The maximum Gasteiger partial charge on any atom is 0.246 e. The van der Waals surface area contributed by atoms with E-state index in [0.29, 0.717) is 38.8 Å². The molecule has 1 atom stereocenters. The van der Waals surface area contributed by atoms with Gasteiger partial charge in [-0.3, -0.25) is 14.4 Å². The molecule has 0 saturated carbocycles. The number of unbranched alkanes of at least 4 members (excludes halogenated alkanes) is 3. The molecule has 1 aromatic rings. The van der Waals surface area contributed by atoms with E-state index in [1.807, 2.05) is 11.0 Å². The summed E-state index contributed by atoms with van der Waals surface area (Å²) in [4.78, 5) is 43.1. The van der Waals surface area contributed by atoms with Crippen molar-refractivity contribution in [1.82, 2.24) is 20.4 Å². The molecule has 200 valence electrons. The van der Waals surface area contributed by atoms with Gasteiger partial charge in [0.1, 0.15) is 11.6 Å². The number of carbonyl (C=O) groups is 3. The highest BCUT2D eigenvalue weighted by Crippen LogP contribution is 2.34. The Morgan fingerprint density at radius 2 is 1.75 bits per heavy atom. The Hall–Kier alpha value is -2.41. The van der Waals surface area contributed by atoms with Crippen molar-refractivity contribution in [3.05, 3.63) is 35.9 Å². The van der Waals surface area contributed by atoms with Gasteiger partial charge in [0.25, 0.3) is 0 Å². The van der Waals surface area contributed by atoms with Crippen molar-refractivity contribution in [3.63, 3.8) is 0 Å². The first-order chi connectivity index (χ1) is 17.5. The number of hydrogen-bond acceptors (Lipinski definition) is 4. The fraction of sp³-hybridized carbons (Fsp3) is 0.690. The minimum absolute atomic E-state index is 0.0208. The van der Waals surface area contributed by atoms with Crippen molar-refractivity contribution in [2.24, 2.45) is 0 Å². The number of nitrogens with zero attached hydrogens (tertiary/aromatic N) is 2. The summed E-state index contributed by atoms with van der Waals surface area (Å²) in [5.74, 6) is 0.196. The zero-order valence-electron chi connectivity index (χ0n) is 22.4. The van der Waals surface area contributed by atoms with Gasteiger partial charge in [-0.25, -0.2) is 0 Å². The Morgan fingerprint density at radius 3 is 2.44 bits per heavy atom. The highest BCUT2D eigenvalue weighted by atomic mass is 16.2. The van der Waals surface area contributed by atoms with Crippen LogP contribution in [0.2, 0.25) is 0 Å². The molecule has 2 heterocycles. The summed E-state index contributed by atoms with van der Waals surface area (Å²) >= 11 is 0. The van der Waals surface area contributed by atoms with Gasteiger partial charge >= 0.3 is 0 Å². The lowest BCUT2D eigenvalue weighted by atomic mass is 9.81. The molecule has 1 spiro atoms. The van der Waals surface area contributed by atoms with Gasteiger partial charge in [0, 0.05) is 39.1 Å². The fourth-order valence-electron chi connectivity index (χ4n) is 5.52. The average molecular weight is 499 g/mol. The molecule has 2 saturated heterocycles. The minimum Gasteiger partial charge on any atom is -0.356 e. The smallest absolute Gasteiger partial charge is 0.246 e. The van der Waals surface area contributed by atoms with Crippen LogP contribution in [0.5, 0.6) is 0 Å². The van der Waals surface area contributed by atoms with Gasteiger partial charge in [-0.2, -0.15) is 0 Å². The minimum atomic E-state index is -0.709. The van der Waals surface area contributed by atoms with Gasteiger partial charge < -0.3 is 20.4 Å². The number of piperidine rings is 1. The monoisotopic (exact) mass is 498 g/mol. The van der Waals surface area contributed by atoms with Gasteiger partial charge in [0.15, 0.2) is 0 Å². The predicted molar refractivity (Wildman–Crippen MR) is 143 cm³/mol. The molecule has 1 aromatic carbocycles. The first-order valence-corrected chi connectivity index (χ1v) is 14.2. The second-order valence-corrected chi connectivity index (χ2v) is 10.4. The number of rotatable bonds is 14. The lowest BCUT2D eigenvalue weighted by molar-refractivity contribution is -0.161.